The number of carbonyl (C=O) groups is 1. The Morgan fingerprint density at radius 3 is 3.17 bits per heavy atom. The number of tetrazole rings is 1. The Morgan fingerprint density at radius 2 is 2.58 bits per heavy atom. The summed E-state index contributed by atoms with van der Waals surface area (Å²) in [5.41, 5.74) is 0. The fourth-order valence-corrected chi connectivity index (χ4v) is 0.592. The summed E-state index contributed by atoms with van der Waals surface area (Å²) >= 11 is 0. The zero-order valence-corrected chi connectivity index (χ0v) is 6.24. The lowest BCUT2D eigenvalue weighted by atomic mass is 10.3. The summed E-state index contributed by atoms with van der Waals surface area (Å²) in [7, 11) is 0. The van der Waals surface area contributed by atoms with Crippen molar-refractivity contribution in [2.75, 3.05) is 5.32 Å². The average molecular weight is 165 g/mol. The highest BCUT2D eigenvalue weighted by atomic mass is 16.1. The molecule has 0 radical (unpaired) electrons. The Kier molecular flexibility index (Phi) is 2.79. The highest BCUT2D eigenvalue weighted by Gasteiger charge is 2.02. The van der Waals surface area contributed by atoms with Crippen LogP contribution in [0, 0.1) is 12.3 Å². The van der Waals surface area contributed by atoms with Crippen molar-refractivity contribution >= 4 is 11.9 Å². The number of H-pyrrole nitrogens is 1. The van der Waals surface area contributed by atoms with Crippen molar-refractivity contribution in [1.29, 1.82) is 0 Å². The van der Waals surface area contributed by atoms with Crippen molar-refractivity contribution in [3.05, 3.63) is 0 Å². The molecule has 1 heterocycles. The predicted molar refractivity (Wildman–Crippen MR) is 40.9 cm³/mol. The van der Waals surface area contributed by atoms with Gasteiger partial charge in [-0.1, -0.05) is 5.10 Å². The molecule has 0 spiro atoms. The van der Waals surface area contributed by atoms with E-state index in [2.05, 4.69) is 31.9 Å². The molecule has 0 saturated carbocycles. The molecular formula is C6H7N5O. The minimum Gasteiger partial charge on any atom is -0.294 e. The van der Waals surface area contributed by atoms with E-state index in [1.165, 1.54) is 0 Å². The van der Waals surface area contributed by atoms with Crippen LogP contribution in [0.1, 0.15) is 12.8 Å². The van der Waals surface area contributed by atoms with Gasteiger partial charge in [-0.2, -0.15) is 0 Å². The first-order valence-corrected chi connectivity index (χ1v) is 3.30. The molecule has 0 atom stereocenters. The van der Waals surface area contributed by atoms with Crippen LogP contribution in [0.25, 0.3) is 0 Å². The van der Waals surface area contributed by atoms with Gasteiger partial charge in [0.1, 0.15) is 0 Å². The minimum absolute atomic E-state index is 0.202. The van der Waals surface area contributed by atoms with Crippen molar-refractivity contribution in [3.8, 4) is 12.3 Å². The largest absolute Gasteiger partial charge is 0.294 e. The molecule has 6 heteroatoms. The third-order valence-electron chi connectivity index (χ3n) is 1.10. The minimum atomic E-state index is -0.202. The summed E-state index contributed by atoms with van der Waals surface area (Å²) in [4.78, 5) is 10.9. The first kappa shape index (κ1) is 8.20. The van der Waals surface area contributed by atoms with Crippen LogP contribution in [0.2, 0.25) is 0 Å². The lowest BCUT2D eigenvalue weighted by Gasteiger charge is -1.95. The van der Waals surface area contributed by atoms with Crippen LogP contribution in [0.5, 0.6) is 0 Å². The van der Waals surface area contributed by atoms with Gasteiger partial charge in [-0.25, -0.2) is 5.10 Å². The first-order chi connectivity index (χ1) is 5.83. The summed E-state index contributed by atoms with van der Waals surface area (Å²) < 4.78 is 0. The Balaban J connectivity index is 2.33. The third-order valence-corrected chi connectivity index (χ3v) is 1.10. The van der Waals surface area contributed by atoms with Gasteiger partial charge in [-0.15, -0.1) is 12.3 Å². The maximum absolute atomic E-state index is 10.9. The van der Waals surface area contributed by atoms with Gasteiger partial charge < -0.3 is 0 Å². The Hall–Kier alpha value is -1.90. The number of nitrogens with zero attached hydrogens (tertiary/aromatic N) is 3. The molecule has 0 aromatic carbocycles. The standard InChI is InChI=1S/C6H7N5O/c1-2-3-4-5(12)7-6-8-10-11-9-6/h1H,3-4H2,(H2,7,8,9,10,11,12). The summed E-state index contributed by atoms with van der Waals surface area (Å²) in [6, 6.07) is 0. The number of terminal acetylenes is 1. The maximum atomic E-state index is 10.9. The molecular weight excluding hydrogens is 158 g/mol. The monoisotopic (exact) mass is 165 g/mol. The molecule has 0 unspecified atom stereocenters. The van der Waals surface area contributed by atoms with Crippen LogP contribution in [0.15, 0.2) is 0 Å². The van der Waals surface area contributed by atoms with Crippen LogP contribution in [0.4, 0.5) is 5.95 Å². The maximum Gasteiger partial charge on any atom is 0.246 e. The second-order valence-corrected chi connectivity index (χ2v) is 2.00. The van der Waals surface area contributed by atoms with Crippen molar-refractivity contribution in [2.24, 2.45) is 0 Å². The SMILES string of the molecule is C#CCCC(=O)Nc1nnn[nH]1. The van der Waals surface area contributed by atoms with E-state index in [0.29, 0.717) is 6.42 Å². The Morgan fingerprint density at radius 1 is 1.75 bits per heavy atom. The van der Waals surface area contributed by atoms with Gasteiger partial charge in [0, 0.05) is 12.8 Å². The number of rotatable bonds is 3. The zero-order chi connectivity index (χ0) is 8.81. The summed E-state index contributed by atoms with van der Waals surface area (Å²) in [6.07, 6.45) is 5.66. The van der Waals surface area contributed by atoms with E-state index in [1.54, 1.807) is 0 Å². The molecule has 0 bridgehead atoms. The van der Waals surface area contributed by atoms with Crippen molar-refractivity contribution in [1.82, 2.24) is 20.6 Å². The topological polar surface area (TPSA) is 83.6 Å². The van der Waals surface area contributed by atoms with Gasteiger partial charge in [-0.3, -0.25) is 10.1 Å². The van der Waals surface area contributed by atoms with Crippen molar-refractivity contribution in [2.45, 2.75) is 12.8 Å². The molecule has 0 aliphatic carbocycles. The number of hydrogen-bond donors (Lipinski definition) is 2. The molecule has 0 aliphatic rings. The number of amides is 1. The highest BCUT2D eigenvalue weighted by Crippen LogP contribution is 1.94. The van der Waals surface area contributed by atoms with E-state index in [0.717, 1.165) is 0 Å². The summed E-state index contributed by atoms with van der Waals surface area (Å²) in [6.45, 7) is 0. The molecule has 1 amide bonds. The second kappa shape index (κ2) is 4.08. The summed E-state index contributed by atoms with van der Waals surface area (Å²) in [5, 5.41) is 14.8. The third kappa shape index (κ3) is 2.38. The molecule has 62 valence electrons. The molecule has 0 fully saturated rings. The predicted octanol–water partition coefficient (Wildman–Crippen LogP) is -0.448. The van der Waals surface area contributed by atoms with Gasteiger partial charge in [0.15, 0.2) is 0 Å². The van der Waals surface area contributed by atoms with Crippen LogP contribution in [-0.4, -0.2) is 26.5 Å². The van der Waals surface area contributed by atoms with E-state index in [9.17, 15) is 4.79 Å². The number of aromatic nitrogens is 4. The first-order valence-electron chi connectivity index (χ1n) is 3.30. The highest BCUT2D eigenvalue weighted by molar-refractivity contribution is 5.88. The van der Waals surface area contributed by atoms with E-state index in [-0.39, 0.29) is 18.3 Å². The van der Waals surface area contributed by atoms with E-state index in [4.69, 9.17) is 6.42 Å². The number of aromatic amines is 1. The molecule has 1 aromatic heterocycles. The van der Waals surface area contributed by atoms with Crippen LogP contribution >= 0.6 is 0 Å². The van der Waals surface area contributed by atoms with Crippen LogP contribution in [-0.2, 0) is 4.79 Å². The number of carbonyl (C=O) groups excluding carboxylic acids is 1. The molecule has 6 nitrogen and oxygen atoms in total. The van der Waals surface area contributed by atoms with Gasteiger partial charge in [0.05, 0.1) is 0 Å². The fourth-order valence-electron chi connectivity index (χ4n) is 0.592. The molecule has 2 N–H and O–H groups in total. The van der Waals surface area contributed by atoms with Gasteiger partial charge in [0.2, 0.25) is 11.9 Å². The molecule has 0 saturated heterocycles. The van der Waals surface area contributed by atoms with E-state index < -0.39 is 0 Å². The molecule has 1 rings (SSSR count). The molecule has 1 aromatic rings. The lowest BCUT2D eigenvalue weighted by Crippen LogP contribution is -2.11. The van der Waals surface area contributed by atoms with E-state index >= 15 is 0 Å². The zero-order valence-electron chi connectivity index (χ0n) is 6.24. The quantitative estimate of drug-likeness (QED) is 0.594. The number of nitrogens with one attached hydrogen (secondary N) is 2. The molecule has 12 heavy (non-hydrogen) atoms. The van der Waals surface area contributed by atoms with Gasteiger partial charge >= 0.3 is 0 Å². The second-order valence-electron chi connectivity index (χ2n) is 2.00. The van der Waals surface area contributed by atoms with Gasteiger partial charge in [-0.05, 0) is 10.4 Å². The van der Waals surface area contributed by atoms with Gasteiger partial charge in [0.25, 0.3) is 0 Å². The van der Waals surface area contributed by atoms with Crippen molar-refractivity contribution < 1.29 is 4.79 Å². The fraction of sp³-hybridized carbons (Fsp3) is 0.333. The van der Waals surface area contributed by atoms with Crippen LogP contribution in [0.3, 0.4) is 0 Å². The number of hydrogen-bond acceptors (Lipinski definition) is 4. The average Bonchev–Trinajstić information content (AvgIpc) is 2.53. The smallest absolute Gasteiger partial charge is 0.246 e. The normalized spacial score (nSPS) is 8.92. The van der Waals surface area contributed by atoms with Crippen LogP contribution < -0.4 is 5.32 Å². The lowest BCUT2D eigenvalue weighted by molar-refractivity contribution is -0.116. The van der Waals surface area contributed by atoms with E-state index in [1.807, 2.05) is 0 Å². The number of anilines is 1. The molecule has 0 aliphatic heterocycles. The Labute approximate surface area is 68.7 Å². The van der Waals surface area contributed by atoms with Crippen molar-refractivity contribution in [3.63, 3.8) is 0 Å². The summed E-state index contributed by atoms with van der Waals surface area (Å²) in [5.74, 6) is 2.39. The Bertz CT molecular complexity index is 285.